The number of rotatable bonds is 1. The highest BCUT2D eigenvalue weighted by Gasteiger charge is 2.21. The van der Waals surface area contributed by atoms with Crippen molar-refractivity contribution < 1.29 is 0 Å². The average molecular weight is 290 g/mol. The summed E-state index contributed by atoms with van der Waals surface area (Å²) >= 11 is 7.91. The van der Waals surface area contributed by atoms with Gasteiger partial charge < -0.3 is 5.32 Å². The molecule has 1 heterocycles. The number of benzene rings is 2. The first-order valence-corrected chi connectivity index (χ1v) is 7.76. The van der Waals surface area contributed by atoms with Crippen LogP contribution in [0.25, 0.3) is 0 Å². The van der Waals surface area contributed by atoms with Gasteiger partial charge in [0.2, 0.25) is 0 Å². The van der Waals surface area contributed by atoms with Gasteiger partial charge in [-0.2, -0.15) is 0 Å². The summed E-state index contributed by atoms with van der Waals surface area (Å²) in [5, 5.41) is 5.05. The first-order chi connectivity index (χ1) is 9.22. The van der Waals surface area contributed by atoms with E-state index in [1.54, 1.807) is 0 Å². The molecule has 3 rings (SSSR count). The lowest BCUT2D eigenvalue weighted by Crippen LogP contribution is -2.12. The van der Waals surface area contributed by atoms with Crippen molar-refractivity contribution in [2.24, 2.45) is 0 Å². The Morgan fingerprint density at radius 3 is 2.63 bits per heavy atom. The van der Waals surface area contributed by atoms with E-state index in [-0.39, 0.29) is 0 Å². The highest BCUT2D eigenvalue weighted by Crippen LogP contribution is 2.40. The fourth-order valence-corrected chi connectivity index (χ4v) is 3.71. The molecule has 0 aromatic heterocycles. The van der Waals surface area contributed by atoms with E-state index < -0.39 is 0 Å². The second-order valence-corrected chi connectivity index (χ2v) is 6.83. The molecule has 1 nitrogen and oxygen atoms in total. The van der Waals surface area contributed by atoms with Gasteiger partial charge in [0, 0.05) is 20.9 Å². The zero-order chi connectivity index (χ0) is 13.2. The van der Waals surface area contributed by atoms with E-state index in [9.17, 15) is 0 Å². The van der Waals surface area contributed by atoms with Gasteiger partial charge in [-0.1, -0.05) is 42.8 Å². The number of para-hydroxylation sites is 1. The van der Waals surface area contributed by atoms with Crippen LogP contribution in [0.2, 0.25) is 5.02 Å². The number of thioether (sulfide) groups is 1. The van der Waals surface area contributed by atoms with Crippen LogP contribution in [0.4, 0.5) is 5.69 Å². The maximum atomic E-state index is 5.97. The van der Waals surface area contributed by atoms with E-state index in [0.29, 0.717) is 11.3 Å². The summed E-state index contributed by atoms with van der Waals surface area (Å²) < 4.78 is 0. The molecular weight excluding hydrogens is 274 g/mol. The van der Waals surface area contributed by atoms with Crippen LogP contribution in [0, 0.1) is 0 Å². The number of hydrogen-bond acceptors (Lipinski definition) is 2. The minimum atomic E-state index is 0.350. The van der Waals surface area contributed by atoms with Crippen molar-refractivity contribution in [1.82, 2.24) is 0 Å². The van der Waals surface area contributed by atoms with Crippen molar-refractivity contribution in [3.63, 3.8) is 0 Å². The smallest absolute Gasteiger partial charge is 0.0524 e. The standard InChI is InChI=1S/C16H16ClNS/c1-11-10-15(12-6-8-13(17)9-7-12)18-14-4-2-3-5-16(14)19-11/h2-9,11,15,18H,10H2,1H3/t11-,15+/m0/s1. The van der Waals surface area contributed by atoms with Crippen LogP contribution in [0.1, 0.15) is 24.9 Å². The van der Waals surface area contributed by atoms with Crippen molar-refractivity contribution >= 4 is 29.1 Å². The van der Waals surface area contributed by atoms with Gasteiger partial charge in [0.1, 0.15) is 0 Å². The number of anilines is 1. The molecule has 0 bridgehead atoms. The second kappa shape index (κ2) is 5.48. The quantitative estimate of drug-likeness (QED) is 0.756. The van der Waals surface area contributed by atoms with Crippen molar-refractivity contribution in [2.75, 3.05) is 5.32 Å². The van der Waals surface area contributed by atoms with Gasteiger partial charge in [0.05, 0.1) is 6.04 Å². The lowest BCUT2D eigenvalue weighted by Gasteiger charge is -2.19. The fraction of sp³-hybridized carbons (Fsp3) is 0.250. The largest absolute Gasteiger partial charge is 0.377 e. The summed E-state index contributed by atoms with van der Waals surface area (Å²) in [6, 6.07) is 17.0. The summed E-state index contributed by atoms with van der Waals surface area (Å²) in [4.78, 5) is 1.34. The molecule has 98 valence electrons. The molecule has 0 fully saturated rings. The predicted molar refractivity (Wildman–Crippen MR) is 84.2 cm³/mol. The van der Waals surface area contributed by atoms with E-state index in [4.69, 9.17) is 11.6 Å². The van der Waals surface area contributed by atoms with Crippen molar-refractivity contribution in [3.05, 3.63) is 59.1 Å². The third kappa shape index (κ3) is 2.90. The number of hydrogen-bond donors (Lipinski definition) is 1. The average Bonchev–Trinajstić information content (AvgIpc) is 2.57. The molecule has 1 aliphatic rings. The zero-order valence-electron chi connectivity index (χ0n) is 10.8. The van der Waals surface area contributed by atoms with Crippen molar-refractivity contribution in [1.29, 1.82) is 0 Å². The van der Waals surface area contributed by atoms with E-state index in [2.05, 4.69) is 48.6 Å². The van der Waals surface area contributed by atoms with E-state index in [0.717, 1.165) is 11.4 Å². The Kier molecular flexibility index (Phi) is 3.72. The van der Waals surface area contributed by atoms with Crippen LogP contribution in [-0.4, -0.2) is 5.25 Å². The summed E-state index contributed by atoms with van der Waals surface area (Å²) in [7, 11) is 0. The lowest BCUT2D eigenvalue weighted by molar-refractivity contribution is 0.694. The van der Waals surface area contributed by atoms with Crippen LogP contribution < -0.4 is 5.32 Å². The van der Waals surface area contributed by atoms with Gasteiger partial charge in [-0.15, -0.1) is 11.8 Å². The summed E-state index contributed by atoms with van der Waals surface area (Å²) in [5.41, 5.74) is 2.53. The van der Waals surface area contributed by atoms with Crippen LogP contribution in [0.3, 0.4) is 0 Å². The van der Waals surface area contributed by atoms with Gasteiger partial charge in [0.15, 0.2) is 0 Å². The van der Waals surface area contributed by atoms with Gasteiger partial charge in [-0.3, -0.25) is 0 Å². The molecular formula is C16H16ClNS. The molecule has 0 saturated carbocycles. The van der Waals surface area contributed by atoms with Crippen LogP contribution in [0.5, 0.6) is 0 Å². The summed E-state index contributed by atoms with van der Waals surface area (Å²) in [5.74, 6) is 0. The van der Waals surface area contributed by atoms with Crippen molar-refractivity contribution in [3.8, 4) is 0 Å². The molecule has 0 spiro atoms. The topological polar surface area (TPSA) is 12.0 Å². The molecule has 0 radical (unpaired) electrons. The third-order valence-corrected chi connectivity index (χ3v) is 4.84. The molecule has 3 heteroatoms. The molecule has 1 aliphatic heterocycles. The minimum absolute atomic E-state index is 0.350. The molecule has 2 atom stereocenters. The Morgan fingerprint density at radius 2 is 1.84 bits per heavy atom. The Labute approximate surface area is 123 Å². The molecule has 2 aromatic rings. The van der Waals surface area contributed by atoms with Gasteiger partial charge in [-0.05, 0) is 36.2 Å². The SMILES string of the molecule is C[C@H]1C[C@H](c2ccc(Cl)cc2)Nc2ccccc2S1. The summed E-state index contributed by atoms with van der Waals surface area (Å²) in [6.07, 6.45) is 1.11. The van der Waals surface area contributed by atoms with Gasteiger partial charge >= 0.3 is 0 Å². The molecule has 0 saturated heterocycles. The van der Waals surface area contributed by atoms with Gasteiger partial charge in [0.25, 0.3) is 0 Å². The van der Waals surface area contributed by atoms with E-state index in [1.807, 2.05) is 23.9 Å². The first kappa shape index (κ1) is 12.9. The normalized spacial score (nSPS) is 22.2. The lowest BCUT2D eigenvalue weighted by atomic mass is 10.0. The Morgan fingerprint density at radius 1 is 1.11 bits per heavy atom. The van der Waals surface area contributed by atoms with E-state index in [1.165, 1.54) is 16.1 Å². The molecule has 19 heavy (non-hydrogen) atoms. The Balaban J connectivity index is 1.93. The third-order valence-electron chi connectivity index (χ3n) is 3.38. The molecule has 0 unspecified atom stereocenters. The highest BCUT2D eigenvalue weighted by molar-refractivity contribution is 8.00. The van der Waals surface area contributed by atoms with Gasteiger partial charge in [-0.25, -0.2) is 0 Å². The molecule has 0 aliphatic carbocycles. The van der Waals surface area contributed by atoms with Crippen LogP contribution >= 0.6 is 23.4 Å². The fourth-order valence-electron chi connectivity index (χ4n) is 2.45. The maximum Gasteiger partial charge on any atom is 0.0524 e. The minimum Gasteiger partial charge on any atom is -0.377 e. The zero-order valence-corrected chi connectivity index (χ0v) is 12.3. The van der Waals surface area contributed by atoms with Crippen molar-refractivity contribution in [2.45, 2.75) is 29.5 Å². The number of fused-ring (bicyclic) bond motifs is 1. The maximum absolute atomic E-state index is 5.97. The predicted octanol–water partition coefficient (Wildman–Crippen LogP) is 5.38. The first-order valence-electron chi connectivity index (χ1n) is 6.50. The van der Waals surface area contributed by atoms with E-state index >= 15 is 0 Å². The number of nitrogens with one attached hydrogen (secondary N) is 1. The Hall–Kier alpha value is -1.12. The molecule has 0 amide bonds. The van der Waals surface area contributed by atoms with Crippen LogP contribution in [0.15, 0.2) is 53.4 Å². The Bertz CT molecular complexity index is 567. The molecule has 1 N–H and O–H groups in total. The number of halogens is 1. The molecule has 2 aromatic carbocycles. The summed E-state index contributed by atoms with van der Waals surface area (Å²) in [6.45, 7) is 2.29. The second-order valence-electron chi connectivity index (χ2n) is 4.91. The monoisotopic (exact) mass is 289 g/mol. The van der Waals surface area contributed by atoms with Crippen LogP contribution in [-0.2, 0) is 0 Å². The highest BCUT2D eigenvalue weighted by atomic mass is 35.5.